The summed E-state index contributed by atoms with van der Waals surface area (Å²) in [5.41, 5.74) is 2.93. The maximum absolute atomic E-state index is 9.40. The molecule has 0 saturated heterocycles. The highest BCUT2D eigenvalue weighted by Crippen LogP contribution is 2.24. The van der Waals surface area contributed by atoms with Gasteiger partial charge in [0.05, 0.1) is 23.3 Å². The molecule has 0 aliphatic rings. The smallest absolute Gasteiger partial charge is 0.0998 e. The van der Waals surface area contributed by atoms with Crippen LogP contribution in [0.1, 0.15) is 20.9 Å². The van der Waals surface area contributed by atoms with Crippen LogP contribution >= 0.6 is 22.7 Å². The van der Waals surface area contributed by atoms with Crippen molar-refractivity contribution in [1.82, 2.24) is 0 Å². The first-order valence-corrected chi connectivity index (χ1v) is 8.97. The molecule has 0 amide bonds. The van der Waals surface area contributed by atoms with Crippen LogP contribution in [0.2, 0.25) is 0 Å². The Hall–Kier alpha value is -2.92. The third-order valence-corrected chi connectivity index (χ3v) is 5.05. The number of benzene rings is 1. The van der Waals surface area contributed by atoms with Crippen molar-refractivity contribution in [3.05, 3.63) is 80.2 Å². The molecule has 1 aromatic carbocycles. The van der Waals surface area contributed by atoms with E-state index in [1.165, 1.54) is 0 Å². The van der Waals surface area contributed by atoms with Gasteiger partial charge in [-0.05, 0) is 46.2 Å². The molecule has 2 aromatic heterocycles. The first-order valence-electron chi connectivity index (χ1n) is 7.21. The summed E-state index contributed by atoms with van der Waals surface area (Å²) in [6.07, 6.45) is 3.76. The van der Waals surface area contributed by atoms with Gasteiger partial charge in [0.15, 0.2) is 0 Å². The lowest BCUT2D eigenvalue weighted by molar-refractivity contribution is 1.51. The average Bonchev–Trinajstić information content (AvgIpc) is 3.31. The van der Waals surface area contributed by atoms with Gasteiger partial charge >= 0.3 is 0 Å². The molecule has 3 rings (SSSR count). The van der Waals surface area contributed by atoms with E-state index in [0.29, 0.717) is 11.1 Å². The summed E-state index contributed by atoms with van der Waals surface area (Å²) in [6, 6.07) is 19.9. The summed E-state index contributed by atoms with van der Waals surface area (Å²) in [6.45, 7) is 0. The fourth-order valence-corrected chi connectivity index (χ4v) is 3.54. The Morgan fingerprint density at radius 2 is 1.12 bits per heavy atom. The first-order chi connectivity index (χ1) is 11.8. The molecule has 0 saturated carbocycles. The van der Waals surface area contributed by atoms with E-state index in [-0.39, 0.29) is 0 Å². The summed E-state index contributed by atoms with van der Waals surface area (Å²) in [5.74, 6) is 0. The molecular weight excluding hydrogens is 332 g/mol. The predicted molar refractivity (Wildman–Crippen MR) is 102 cm³/mol. The Morgan fingerprint density at radius 1 is 0.708 bits per heavy atom. The van der Waals surface area contributed by atoms with Crippen molar-refractivity contribution >= 4 is 46.0 Å². The summed E-state index contributed by atoms with van der Waals surface area (Å²) >= 11 is 3.19. The minimum absolute atomic E-state index is 0.616. The van der Waals surface area contributed by atoms with Gasteiger partial charge in [-0.3, -0.25) is 0 Å². The van der Waals surface area contributed by atoms with E-state index in [1.54, 1.807) is 22.7 Å². The van der Waals surface area contributed by atoms with Gasteiger partial charge in [0.1, 0.15) is 0 Å². The first kappa shape index (κ1) is 16.0. The van der Waals surface area contributed by atoms with Crippen LogP contribution in [0, 0.1) is 22.7 Å². The Bertz CT molecular complexity index is 865. The Kier molecular flexibility index (Phi) is 5.03. The molecule has 24 heavy (non-hydrogen) atoms. The zero-order valence-electron chi connectivity index (χ0n) is 12.6. The van der Waals surface area contributed by atoms with Crippen molar-refractivity contribution in [1.29, 1.82) is 10.5 Å². The van der Waals surface area contributed by atoms with Crippen molar-refractivity contribution in [2.75, 3.05) is 0 Å². The quantitative estimate of drug-likeness (QED) is 0.550. The van der Waals surface area contributed by atoms with Crippen molar-refractivity contribution in [3.8, 4) is 12.1 Å². The monoisotopic (exact) mass is 344 g/mol. The van der Waals surface area contributed by atoms with E-state index < -0.39 is 0 Å². The molecule has 0 aliphatic carbocycles. The molecule has 4 heteroatoms. The van der Waals surface area contributed by atoms with Crippen molar-refractivity contribution in [3.63, 3.8) is 0 Å². The van der Waals surface area contributed by atoms with Gasteiger partial charge < -0.3 is 0 Å². The SMILES string of the molecule is N#C/C(=C/c1cccs1)c1ccc(/C(C#N)=C\c2cccs2)cc1. The van der Waals surface area contributed by atoms with Gasteiger partial charge in [0, 0.05) is 9.75 Å². The van der Waals surface area contributed by atoms with Crippen LogP contribution in [0.25, 0.3) is 23.3 Å². The Morgan fingerprint density at radius 3 is 1.42 bits per heavy atom. The van der Waals surface area contributed by atoms with E-state index in [0.717, 1.165) is 20.9 Å². The van der Waals surface area contributed by atoms with Crippen LogP contribution in [0.15, 0.2) is 59.3 Å². The maximum Gasteiger partial charge on any atom is 0.0998 e. The maximum atomic E-state index is 9.40. The summed E-state index contributed by atoms with van der Waals surface area (Å²) in [4.78, 5) is 2.09. The van der Waals surface area contributed by atoms with Gasteiger partial charge in [0.2, 0.25) is 0 Å². The lowest BCUT2D eigenvalue weighted by Crippen LogP contribution is -1.85. The fraction of sp³-hybridized carbons (Fsp3) is 0. The number of thiophene rings is 2. The van der Waals surface area contributed by atoms with Gasteiger partial charge in [-0.2, -0.15) is 10.5 Å². The minimum atomic E-state index is 0.616. The van der Waals surface area contributed by atoms with Gasteiger partial charge in [-0.25, -0.2) is 0 Å². The second-order valence-corrected chi connectivity index (χ2v) is 6.91. The van der Waals surface area contributed by atoms with Gasteiger partial charge in [-0.15, -0.1) is 22.7 Å². The van der Waals surface area contributed by atoms with Gasteiger partial charge in [0.25, 0.3) is 0 Å². The molecule has 2 nitrogen and oxygen atoms in total. The molecule has 0 spiro atoms. The summed E-state index contributed by atoms with van der Waals surface area (Å²) in [5, 5.41) is 22.8. The lowest BCUT2D eigenvalue weighted by Gasteiger charge is -2.02. The molecule has 0 bridgehead atoms. The van der Waals surface area contributed by atoms with Crippen molar-refractivity contribution in [2.24, 2.45) is 0 Å². The normalized spacial score (nSPS) is 11.8. The third-order valence-electron chi connectivity index (χ3n) is 3.41. The summed E-state index contributed by atoms with van der Waals surface area (Å²) < 4.78 is 0. The Labute approximate surface area is 148 Å². The largest absolute Gasteiger partial charge is 0.192 e. The van der Waals surface area contributed by atoms with Crippen LogP contribution in [0.3, 0.4) is 0 Å². The molecule has 0 aliphatic heterocycles. The minimum Gasteiger partial charge on any atom is -0.192 e. The highest BCUT2D eigenvalue weighted by atomic mass is 32.1. The third kappa shape index (κ3) is 3.70. The molecule has 0 radical (unpaired) electrons. The molecule has 0 fully saturated rings. The number of nitrogens with zero attached hydrogens (tertiary/aromatic N) is 2. The van der Waals surface area contributed by atoms with Crippen LogP contribution < -0.4 is 0 Å². The van der Waals surface area contributed by atoms with E-state index in [9.17, 15) is 10.5 Å². The number of rotatable bonds is 4. The molecule has 0 N–H and O–H groups in total. The fourth-order valence-electron chi connectivity index (χ4n) is 2.22. The van der Waals surface area contributed by atoms with Crippen molar-refractivity contribution in [2.45, 2.75) is 0 Å². The second-order valence-electron chi connectivity index (χ2n) is 4.95. The van der Waals surface area contributed by atoms with E-state index >= 15 is 0 Å². The second kappa shape index (κ2) is 7.57. The zero-order chi connectivity index (χ0) is 16.8. The molecule has 0 atom stereocenters. The lowest BCUT2D eigenvalue weighted by atomic mass is 10.0. The predicted octanol–water partition coefficient (Wildman–Crippen LogP) is 5.94. The number of allylic oxidation sites excluding steroid dienone is 2. The van der Waals surface area contributed by atoms with Crippen LogP contribution in [-0.4, -0.2) is 0 Å². The van der Waals surface area contributed by atoms with E-state index in [1.807, 2.05) is 71.4 Å². The number of hydrogen-bond donors (Lipinski definition) is 0. The molecular formula is C20H12N2S2. The van der Waals surface area contributed by atoms with Crippen LogP contribution in [0.4, 0.5) is 0 Å². The molecule has 2 heterocycles. The number of hydrogen-bond acceptors (Lipinski definition) is 4. The molecule has 3 aromatic rings. The zero-order valence-corrected chi connectivity index (χ0v) is 14.3. The Balaban J connectivity index is 1.90. The highest BCUT2D eigenvalue weighted by molar-refractivity contribution is 7.11. The van der Waals surface area contributed by atoms with Gasteiger partial charge in [-0.1, -0.05) is 36.4 Å². The average molecular weight is 344 g/mol. The topological polar surface area (TPSA) is 47.6 Å². The summed E-state index contributed by atoms with van der Waals surface area (Å²) in [7, 11) is 0. The highest BCUT2D eigenvalue weighted by Gasteiger charge is 2.05. The van der Waals surface area contributed by atoms with Crippen molar-refractivity contribution < 1.29 is 0 Å². The van der Waals surface area contributed by atoms with E-state index in [2.05, 4.69) is 12.1 Å². The van der Waals surface area contributed by atoms with Crippen LogP contribution in [-0.2, 0) is 0 Å². The molecule has 0 unspecified atom stereocenters. The standard InChI is InChI=1S/C20H12N2S2/c21-13-17(11-19-3-1-9-23-19)15-5-7-16(8-6-15)18(14-22)12-20-4-2-10-24-20/h1-12H/b17-11-,18-12-. The van der Waals surface area contributed by atoms with E-state index in [4.69, 9.17) is 0 Å². The number of nitriles is 2. The van der Waals surface area contributed by atoms with Crippen LogP contribution in [0.5, 0.6) is 0 Å². The molecule has 114 valence electrons.